The molecule has 5 atom stereocenters. The minimum atomic E-state index is -4.33. The fraction of sp³-hybridized carbons (Fsp3) is 0.386. The van der Waals surface area contributed by atoms with Gasteiger partial charge in [-0.1, -0.05) is 104 Å². The van der Waals surface area contributed by atoms with Gasteiger partial charge in [0.05, 0.1) is 0 Å². The van der Waals surface area contributed by atoms with Crippen molar-refractivity contribution in [2.24, 2.45) is 0 Å². The second kappa shape index (κ2) is 24.2. The molecule has 1 aromatic heterocycles. The molecule has 0 radical (unpaired) electrons. The number of carboxylic acids is 1. The first-order chi connectivity index (χ1) is 36.0. The van der Waals surface area contributed by atoms with Crippen LogP contribution in [0.2, 0.25) is 0 Å². The molecule has 1 aliphatic heterocycles. The fourth-order valence-electron chi connectivity index (χ4n) is 9.86. The molecule has 1 aliphatic rings. The average Bonchev–Trinajstić information content (AvgIpc) is 3.98. The number of fused-ring (bicyclic) bond motifs is 4. The van der Waals surface area contributed by atoms with Gasteiger partial charge in [-0.25, -0.2) is 0 Å². The minimum Gasteiger partial charge on any atom is -0.481 e. The van der Waals surface area contributed by atoms with Gasteiger partial charge in [0.15, 0.2) is 0 Å². The molecule has 402 valence electrons. The van der Waals surface area contributed by atoms with Crippen LogP contribution in [0, 0.1) is 0 Å². The Morgan fingerprint density at radius 1 is 0.711 bits per heavy atom. The molecule has 6 amide bonds. The van der Waals surface area contributed by atoms with Gasteiger partial charge >= 0.3 is 5.97 Å². The van der Waals surface area contributed by atoms with E-state index in [9.17, 15) is 51.6 Å². The number of carboxylic acid groups (broad SMARTS) is 1. The van der Waals surface area contributed by atoms with Gasteiger partial charge in [-0.2, -0.15) is 8.42 Å². The number of hydrogen-bond acceptors (Lipinski definition) is 10. The number of benzene rings is 5. The summed E-state index contributed by atoms with van der Waals surface area (Å²) in [5.74, 6) is -5.29. The number of likely N-dealkylation sites (tertiary alicyclic amines) is 1. The molecule has 0 unspecified atom stereocenters. The number of thiophene rings is 1. The Morgan fingerprint density at radius 3 is 2.03 bits per heavy atom. The second-order valence-corrected chi connectivity index (χ2v) is 23.1. The topological polar surface area (TPSA) is 257 Å². The molecule has 0 saturated carbocycles. The van der Waals surface area contributed by atoms with Crippen LogP contribution >= 0.6 is 11.3 Å². The van der Waals surface area contributed by atoms with Crippen molar-refractivity contribution in [3.63, 3.8) is 0 Å². The Hall–Kier alpha value is -7.22. The van der Waals surface area contributed by atoms with Crippen molar-refractivity contribution in [3.05, 3.63) is 131 Å². The normalized spacial score (nSPS) is 16.4. The highest BCUT2D eigenvalue weighted by Crippen LogP contribution is 2.33. The summed E-state index contributed by atoms with van der Waals surface area (Å²) in [4.78, 5) is 100. The summed E-state index contributed by atoms with van der Waals surface area (Å²) in [7, 11) is -4.33. The van der Waals surface area contributed by atoms with E-state index in [2.05, 4.69) is 26.6 Å². The first kappa shape index (κ1) is 56.5. The second-order valence-electron chi connectivity index (χ2n) is 20.8. The number of nitrogens with zero attached hydrogens (tertiary/aromatic N) is 1. The highest BCUT2D eigenvalue weighted by atomic mass is 32.2. The van der Waals surface area contributed by atoms with E-state index in [4.69, 9.17) is 0 Å². The standard InChI is InChI=1S/C57H66N6O11S2/c1-6-14-44(59-51(67)45(31-35-23-25-36(26-24-35)34-76(72,73)74)60-50(66)42-19-11-16-38-28-27-37-15-7-8-18-41(37)49(38)42)54(70)63-30-13-29-57(63,5)55(71)61-46(32-39-33-75-47-21-10-9-17-40(39)47)52(68)58-43(20-12-22-48(64)65)53(69)62-56(2,3)4/h7-11,15-19,21,23-28,33,43-46H,6,12-14,20,22,29-32,34H2,1-5H3,(H,58,68)(H,59,67)(H,60,66)(H,61,71)(H,62,69)(H,64,65)(H,72,73,74)/t43-,44-,45-,46-,57-/m0/s1. The largest absolute Gasteiger partial charge is 0.481 e. The average molecular weight is 1080 g/mol. The zero-order valence-corrected chi connectivity index (χ0v) is 44.9. The van der Waals surface area contributed by atoms with Gasteiger partial charge in [-0.15, -0.1) is 11.3 Å². The van der Waals surface area contributed by atoms with E-state index in [1.165, 1.54) is 28.4 Å². The van der Waals surface area contributed by atoms with Crippen LogP contribution < -0.4 is 26.6 Å². The van der Waals surface area contributed by atoms with Crippen molar-refractivity contribution in [1.29, 1.82) is 0 Å². The Kier molecular flexibility index (Phi) is 18.0. The maximum atomic E-state index is 15.0. The lowest BCUT2D eigenvalue weighted by molar-refractivity contribution is -0.147. The maximum Gasteiger partial charge on any atom is 0.303 e. The first-order valence-corrected chi connectivity index (χ1v) is 28.0. The molecule has 2 heterocycles. The summed E-state index contributed by atoms with van der Waals surface area (Å²) in [6.45, 7) is 8.94. The lowest BCUT2D eigenvalue weighted by atomic mass is 9.94. The molecule has 7 N–H and O–H groups in total. The number of carbonyl (C=O) groups is 7. The van der Waals surface area contributed by atoms with Gasteiger partial charge in [0.25, 0.3) is 16.0 Å². The molecule has 7 rings (SSSR count). The van der Waals surface area contributed by atoms with E-state index in [1.807, 2.05) is 79.0 Å². The lowest BCUT2D eigenvalue weighted by Crippen LogP contribution is -2.63. The van der Waals surface area contributed by atoms with Crippen LogP contribution in [-0.4, -0.2) is 106 Å². The maximum absolute atomic E-state index is 15.0. The zero-order valence-electron chi connectivity index (χ0n) is 43.3. The first-order valence-electron chi connectivity index (χ1n) is 25.5. The molecule has 0 spiro atoms. The predicted molar refractivity (Wildman–Crippen MR) is 293 cm³/mol. The molecule has 1 fully saturated rings. The van der Waals surface area contributed by atoms with Crippen LogP contribution in [0.25, 0.3) is 31.6 Å². The van der Waals surface area contributed by atoms with Crippen molar-refractivity contribution in [2.45, 2.75) is 133 Å². The van der Waals surface area contributed by atoms with Crippen molar-refractivity contribution >= 4 is 94.5 Å². The Labute approximate surface area is 446 Å². The molecular formula is C57H66N6O11S2. The summed E-state index contributed by atoms with van der Waals surface area (Å²) < 4.78 is 33.7. The summed E-state index contributed by atoms with van der Waals surface area (Å²) in [5.41, 5.74) is -0.262. The molecule has 6 aromatic rings. The van der Waals surface area contributed by atoms with Crippen molar-refractivity contribution in [1.82, 2.24) is 31.5 Å². The van der Waals surface area contributed by atoms with E-state index in [-0.39, 0.29) is 51.5 Å². The number of nitrogens with one attached hydrogen (secondary N) is 5. The Bertz CT molecular complexity index is 3260. The third-order valence-corrected chi connectivity index (χ3v) is 15.4. The van der Waals surface area contributed by atoms with Crippen molar-refractivity contribution < 1.29 is 51.6 Å². The van der Waals surface area contributed by atoms with Crippen LogP contribution in [0.15, 0.2) is 109 Å². The number of aliphatic carboxylic acids is 1. The van der Waals surface area contributed by atoms with Crippen LogP contribution in [-0.2, 0) is 57.5 Å². The molecule has 17 nitrogen and oxygen atoms in total. The zero-order chi connectivity index (χ0) is 55.0. The fourth-order valence-corrected chi connectivity index (χ4v) is 11.4. The van der Waals surface area contributed by atoms with E-state index >= 15 is 0 Å². The van der Waals surface area contributed by atoms with Gasteiger partial charge < -0.3 is 36.6 Å². The molecule has 1 saturated heterocycles. The van der Waals surface area contributed by atoms with Crippen LogP contribution in [0.5, 0.6) is 0 Å². The number of carbonyl (C=O) groups excluding carboxylic acids is 6. The number of rotatable bonds is 22. The van der Waals surface area contributed by atoms with Crippen molar-refractivity contribution in [2.75, 3.05) is 6.54 Å². The van der Waals surface area contributed by atoms with Gasteiger partial charge in [0.2, 0.25) is 29.5 Å². The lowest BCUT2D eigenvalue weighted by Gasteiger charge is -2.37. The molecular weight excluding hydrogens is 1010 g/mol. The van der Waals surface area contributed by atoms with E-state index < -0.39 is 92.5 Å². The Morgan fingerprint density at radius 2 is 1.34 bits per heavy atom. The molecule has 0 bridgehead atoms. The van der Waals surface area contributed by atoms with Gasteiger partial charge in [0.1, 0.15) is 35.5 Å². The predicted octanol–water partition coefficient (Wildman–Crippen LogP) is 6.98. The molecule has 5 aromatic carbocycles. The van der Waals surface area contributed by atoms with Crippen molar-refractivity contribution in [3.8, 4) is 0 Å². The van der Waals surface area contributed by atoms with E-state index in [0.29, 0.717) is 34.9 Å². The van der Waals surface area contributed by atoms with Crippen LogP contribution in [0.4, 0.5) is 0 Å². The van der Waals surface area contributed by atoms with E-state index in [1.54, 1.807) is 52.0 Å². The smallest absolute Gasteiger partial charge is 0.303 e. The SMILES string of the molecule is CCC[C@H](NC(=O)[C@H](Cc1ccc(CS(=O)(=O)O)cc1)NC(=O)c1cccc2ccc3ccccc3c12)C(=O)N1CCC[C@@]1(C)C(=O)N[C@@H](Cc1csc2ccccc12)C(=O)N[C@@H](CCCC(=O)O)C(=O)NC(C)(C)C. The van der Waals surface area contributed by atoms with E-state index in [0.717, 1.165) is 31.8 Å². The summed E-state index contributed by atoms with van der Waals surface area (Å²) in [6, 6.07) is 25.8. The van der Waals surface area contributed by atoms with Gasteiger partial charge in [-0.05, 0) is 116 Å². The molecule has 76 heavy (non-hydrogen) atoms. The number of hydrogen-bond donors (Lipinski definition) is 7. The third-order valence-electron chi connectivity index (χ3n) is 13.7. The highest BCUT2D eigenvalue weighted by molar-refractivity contribution is 7.85. The number of amides is 6. The van der Waals surface area contributed by atoms with Crippen LogP contribution in [0.1, 0.15) is 107 Å². The Balaban J connectivity index is 1.15. The summed E-state index contributed by atoms with van der Waals surface area (Å²) in [6.07, 6.45) is 1.05. The quantitative estimate of drug-likeness (QED) is 0.0269. The third kappa shape index (κ3) is 14.2. The molecule has 19 heteroatoms. The summed E-state index contributed by atoms with van der Waals surface area (Å²) >= 11 is 1.47. The molecule has 0 aliphatic carbocycles. The highest BCUT2D eigenvalue weighted by Gasteiger charge is 2.48. The van der Waals surface area contributed by atoms with Crippen LogP contribution in [0.3, 0.4) is 0 Å². The minimum absolute atomic E-state index is 0.0146. The summed E-state index contributed by atoms with van der Waals surface area (Å²) in [5, 5.41) is 29.8. The van der Waals surface area contributed by atoms with Gasteiger partial charge in [0, 0.05) is 47.0 Å². The van der Waals surface area contributed by atoms with Gasteiger partial charge in [-0.3, -0.25) is 38.1 Å². The monoisotopic (exact) mass is 1070 g/mol.